The molecule has 3 rings (SSSR count). The van der Waals surface area contributed by atoms with Crippen LogP contribution in [0.2, 0.25) is 0 Å². The lowest BCUT2D eigenvalue weighted by molar-refractivity contribution is 0.133. The van der Waals surface area contributed by atoms with Gasteiger partial charge in [0.15, 0.2) is 0 Å². The molecule has 0 bridgehead atoms. The summed E-state index contributed by atoms with van der Waals surface area (Å²) in [7, 11) is 2.13. The van der Waals surface area contributed by atoms with Crippen LogP contribution in [0.4, 0.5) is 0 Å². The Kier molecular flexibility index (Phi) is 3.21. The molecule has 0 spiro atoms. The summed E-state index contributed by atoms with van der Waals surface area (Å²) in [4.78, 5) is 2.89. The Morgan fingerprint density at radius 2 is 1.88 bits per heavy atom. The van der Waals surface area contributed by atoms with E-state index in [9.17, 15) is 0 Å². The topological polar surface area (TPSA) is 15.3 Å². The van der Waals surface area contributed by atoms with Gasteiger partial charge in [0, 0.05) is 18.1 Å². The molecule has 1 saturated heterocycles. The van der Waals surface area contributed by atoms with Crippen molar-refractivity contribution in [2.45, 2.75) is 69.5 Å². The Labute approximate surface area is 99.8 Å². The van der Waals surface area contributed by atoms with Crippen LogP contribution in [0.3, 0.4) is 0 Å². The van der Waals surface area contributed by atoms with Crippen molar-refractivity contribution in [1.82, 2.24) is 10.2 Å². The average Bonchev–Trinajstić information content (AvgIpc) is 2.94. The van der Waals surface area contributed by atoms with Crippen LogP contribution in [0.1, 0.15) is 51.4 Å². The molecule has 0 aromatic rings. The smallest absolute Gasteiger partial charge is 0.0127 e. The number of likely N-dealkylation sites (tertiary alicyclic amines) is 1. The van der Waals surface area contributed by atoms with Gasteiger partial charge < -0.3 is 5.32 Å². The predicted molar refractivity (Wildman–Crippen MR) is 67.6 cm³/mol. The van der Waals surface area contributed by atoms with Crippen LogP contribution in [-0.2, 0) is 0 Å². The summed E-state index contributed by atoms with van der Waals surface area (Å²) >= 11 is 0. The van der Waals surface area contributed by atoms with Gasteiger partial charge in [0.05, 0.1) is 0 Å². The molecule has 0 aromatic heterocycles. The summed E-state index contributed by atoms with van der Waals surface area (Å²) in [6.07, 6.45) is 11.7. The van der Waals surface area contributed by atoms with E-state index in [2.05, 4.69) is 17.3 Å². The molecule has 4 atom stereocenters. The molecular formula is C14H26N2. The second-order valence-corrected chi connectivity index (χ2v) is 6.09. The molecule has 1 N–H and O–H groups in total. The zero-order valence-corrected chi connectivity index (χ0v) is 10.6. The molecule has 2 saturated carbocycles. The highest BCUT2D eigenvalue weighted by Gasteiger charge is 2.40. The molecule has 1 aliphatic heterocycles. The van der Waals surface area contributed by atoms with Crippen molar-refractivity contribution >= 4 is 0 Å². The fourth-order valence-corrected chi connectivity index (χ4v) is 4.42. The summed E-state index contributed by atoms with van der Waals surface area (Å²) in [6, 6.07) is 2.67. The molecule has 3 fully saturated rings. The summed E-state index contributed by atoms with van der Waals surface area (Å²) in [5.74, 6) is 1.06. The third-order valence-corrected chi connectivity index (χ3v) is 5.34. The van der Waals surface area contributed by atoms with E-state index in [-0.39, 0.29) is 0 Å². The maximum Gasteiger partial charge on any atom is 0.0127 e. The van der Waals surface area contributed by atoms with Gasteiger partial charge in [-0.2, -0.15) is 0 Å². The van der Waals surface area contributed by atoms with E-state index in [0.29, 0.717) is 0 Å². The van der Waals surface area contributed by atoms with Crippen LogP contribution in [0.15, 0.2) is 0 Å². The summed E-state index contributed by atoms with van der Waals surface area (Å²) in [5, 5.41) is 3.46. The maximum atomic E-state index is 3.46. The SMILES string of the molecule is CNC1CCC(N2CCC3CCCCC32)C1. The van der Waals surface area contributed by atoms with E-state index in [1.165, 1.54) is 57.9 Å². The molecule has 0 aromatic carbocycles. The van der Waals surface area contributed by atoms with E-state index in [1.54, 1.807) is 0 Å². The van der Waals surface area contributed by atoms with E-state index in [1.807, 2.05) is 0 Å². The zero-order valence-electron chi connectivity index (χ0n) is 10.6. The van der Waals surface area contributed by atoms with E-state index in [0.717, 1.165) is 24.0 Å². The van der Waals surface area contributed by atoms with Crippen molar-refractivity contribution in [1.29, 1.82) is 0 Å². The first-order chi connectivity index (χ1) is 7.88. The first-order valence-corrected chi connectivity index (χ1v) is 7.31. The van der Waals surface area contributed by atoms with Crippen LogP contribution in [0.5, 0.6) is 0 Å². The maximum absolute atomic E-state index is 3.46. The fourth-order valence-electron chi connectivity index (χ4n) is 4.42. The minimum absolute atomic E-state index is 0.799. The normalized spacial score (nSPS) is 44.8. The first kappa shape index (κ1) is 11.0. The molecule has 0 radical (unpaired) electrons. The lowest BCUT2D eigenvalue weighted by atomic mass is 9.85. The fraction of sp³-hybridized carbons (Fsp3) is 1.00. The van der Waals surface area contributed by atoms with Crippen LogP contribution in [0, 0.1) is 5.92 Å². The van der Waals surface area contributed by atoms with E-state index < -0.39 is 0 Å². The second kappa shape index (κ2) is 4.66. The highest BCUT2D eigenvalue weighted by Crippen LogP contribution is 2.40. The van der Waals surface area contributed by atoms with Gasteiger partial charge >= 0.3 is 0 Å². The van der Waals surface area contributed by atoms with Gasteiger partial charge in [-0.25, -0.2) is 0 Å². The number of hydrogen-bond acceptors (Lipinski definition) is 2. The van der Waals surface area contributed by atoms with Crippen LogP contribution < -0.4 is 5.32 Å². The minimum Gasteiger partial charge on any atom is -0.317 e. The van der Waals surface area contributed by atoms with Crippen LogP contribution >= 0.6 is 0 Å². The lowest BCUT2D eigenvalue weighted by Gasteiger charge is -2.35. The lowest BCUT2D eigenvalue weighted by Crippen LogP contribution is -2.41. The van der Waals surface area contributed by atoms with Gasteiger partial charge in [-0.1, -0.05) is 12.8 Å². The summed E-state index contributed by atoms with van der Waals surface area (Å²) < 4.78 is 0. The third kappa shape index (κ3) is 1.91. The molecule has 2 heteroatoms. The Morgan fingerprint density at radius 1 is 1.00 bits per heavy atom. The van der Waals surface area contributed by atoms with Crippen molar-refractivity contribution in [2.24, 2.45) is 5.92 Å². The van der Waals surface area contributed by atoms with Gasteiger partial charge in [0.1, 0.15) is 0 Å². The Morgan fingerprint density at radius 3 is 2.69 bits per heavy atom. The molecule has 0 amide bonds. The number of nitrogens with zero attached hydrogens (tertiary/aromatic N) is 1. The van der Waals surface area contributed by atoms with E-state index in [4.69, 9.17) is 0 Å². The Hall–Kier alpha value is -0.0800. The average molecular weight is 222 g/mol. The number of nitrogens with one attached hydrogen (secondary N) is 1. The van der Waals surface area contributed by atoms with Crippen molar-refractivity contribution in [3.8, 4) is 0 Å². The molecule has 3 aliphatic rings. The van der Waals surface area contributed by atoms with Gasteiger partial charge in [0.2, 0.25) is 0 Å². The van der Waals surface area contributed by atoms with Crippen molar-refractivity contribution < 1.29 is 0 Å². The molecule has 2 nitrogen and oxygen atoms in total. The number of hydrogen-bond donors (Lipinski definition) is 1. The highest BCUT2D eigenvalue weighted by atomic mass is 15.2. The van der Waals surface area contributed by atoms with E-state index >= 15 is 0 Å². The Balaban J connectivity index is 1.62. The van der Waals surface area contributed by atoms with Gasteiger partial charge in [-0.05, 0) is 58.0 Å². The van der Waals surface area contributed by atoms with Crippen molar-refractivity contribution in [3.63, 3.8) is 0 Å². The quantitative estimate of drug-likeness (QED) is 0.772. The van der Waals surface area contributed by atoms with Crippen LogP contribution in [-0.4, -0.2) is 36.6 Å². The highest BCUT2D eigenvalue weighted by molar-refractivity contribution is 4.96. The van der Waals surface area contributed by atoms with Crippen LogP contribution in [0.25, 0.3) is 0 Å². The van der Waals surface area contributed by atoms with Crippen molar-refractivity contribution in [2.75, 3.05) is 13.6 Å². The molecule has 1 heterocycles. The molecule has 92 valence electrons. The van der Waals surface area contributed by atoms with Gasteiger partial charge in [0.25, 0.3) is 0 Å². The second-order valence-electron chi connectivity index (χ2n) is 6.09. The molecule has 4 unspecified atom stereocenters. The predicted octanol–water partition coefficient (Wildman–Crippen LogP) is 2.39. The number of fused-ring (bicyclic) bond motifs is 1. The first-order valence-electron chi connectivity index (χ1n) is 7.31. The van der Waals surface area contributed by atoms with Gasteiger partial charge in [-0.3, -0.25) is 4.90 Å². The molecule has 16 heavy (non-hydrogen) atoms. The van der Waals surface area contributed by atoms with Gasteiger partial charge in [-0.15, -0.1) is 0 Å². The largest absolute Gasteiger partial charge is 0.317 e. The number of rotatable bonds is 2. The molecule has 2 aliphatic carbocycles. The Bertz CT molecular complexity index is 241. The third-order valence-electron chi connectivity index (χ3n) is 5.34. The summed E-state index contributed by atoms with van der Waals surface area (Å²) in [5.41, 5.74) is 0. The summed E-state index contributed by atoms with van der Waals surface area (Å²) in [6.45, 7) is 1.40. The standard InChI is InChI=1S/C14H26N2/c1-15-12-6-7-13(10-12)16-9-8-11-4-2-3-5-14(11)16/h11-15H,2-10H2,1H3. The minimum atomic E-state index is 0.799. The molecular weight excluding hydrogens is 196 g/mol. The van der Waals surface area contributed by atoms with Crippen molar-refractivity contribution in [3.05, 3.63) is 0 Å². The zero-order chi connectivity index (χ0) is 11.0. The monoisotopic (exact) mass is 222 g/mol.